The molecule has 1 heterocycles. The van der Waals surface area contributed by atoms with Gasteiger partial charge in [0.15, 0.2) is 0 Å². The number of aryl methyl sites for hydroxylation is 1. The van der Waals surface area contributed by atoms with Gasteiger partial charge in [0.1, 0.15) is 5.69 Å². The molecule has 0 aliphatic heterocycles. The van der Waals surface area contributed by atoms with Crippen molar-refractivity contribution in [2.75, 3.05) is 6.26 Å². The van der Waals surface area contributed by atoms with Crippen molar-refractivity contribution in [3.63, 3.8) is 0 Å². The van der Waals surface area contributed by atoms with Gasteiger partial charge in [-0.3, -0.25) is 10.1 Å². The quantitative estimate of drug-likeness (QED) is 0.480. The number of nitrogens with zero attached hydrogens (tertiary/aromatic N) is 4. The minimum absolute atomic E-state index is 0.0538. The van der Waals surface area contributed by atoms with Gasteiger partial charge in [0.05, 0.1) is 10.6 Å². The molecule has 0 aliphatic rings. The minimum Gasteiger partial charge on any atom is -0.258 e. The highest BCUT2D eigenvalue weighted by atomic mass is 32.2. The van der Waals surface area contributed by atoms with E-state index < -0.39 is 4.92 Å². The number of nitro groups is 1. The number of aromatic nitrogens is 3. The van der Waals surface area contributed by atoms with E-state index in [1.807, 2.05) is 13.2 Å². The largest absolute Gasteiger partial charge is 0.269 e. The number of hydrogen-bond acceptors (Lipinski definition) is 6. The zero-order valence-corrected chi connectivity index (χ0v) is 10.6. The number of nitro benzene ring substituents is 1. The molecule has 0 amide bonds. The normalized spacial score (nSPS) is 10.3. The predicted octanol–water partition coefficient (Wildman–Crippen LogP) is 2.48. The fraction of sp³-hybridized carbons (Fsp3) is 0.182. The van der Waals surface area contributed by atoms with Crippen LogP contribution in [0, 0.1) is 17.0 Å². The van der Waals surface area contributed by atoms with E-state index in [-0.39, 0.29) is 5.69 Å². The standard InChI is InChI=1S/C11H10N4O2S/c1-7-10(13-14-11(12-7)18-2)8-3-5-9(6-4-8)15(16)17/h3-6H,1-2H3. The first-order chi connectivity index (χ1) is 8.61. The highest BCUT2D eigenvalue weighted by Crippen LogP contribution is 2.23. The van der Waals surface area contributed by atoms with Crippen molar-refractivity contribution in [3.8, 4) is 11.3 Å². The van der Waals surface area contributed by atoms with Crippen molar-refractivity contribution < 1.29 is 4.92 Å². The van der Waals surface area contributed by atoms with Crippen molar-refractivity contribution in [1.82, 2.24) is 15.2 Å². The van der Waals surface area contributed by atoms with Crippen LogP contribution < -0.4 is 0 Å². The lowest BCUT2D eigenvalue weighted by molar-refractivity contribution is -0.384. The summed E-state index contributed by atoms with van der Waals surface area (Å²) in [5.74, 6) is 0. The second-order valence-electron chi connectivity index (χ2n) is 3.54. The zero-order valence-electron chi connectivity index (χ0n) is 9.82. The number of benzene rings is 1. The van der Waals surface area contributed by atoms with Crippen LogP contribution in [0.3, 0.4) is 0 Å². The Balaban J connectivity index is 2.39. The maximum absolute atomic E-state index is 10.6. The van der Waals surface area contributed by atoms with Crippen LogP contribution in [0.1, 0.15) is 5.69 Å². The van der Waals surface area contributed by atoms with Crippen LogP contribution in [0.15, 0.2) is 29.4 Å². The maximum atomic E-state index is 10.6. The van der Waals surface area contributed by atoms with Crippen LogP contribution in [0.4, 0.5) is 5.69 Å². The summed E-state index contributed by atoms with van der Waals surface area (Å²) < 4.78 is 0. The Labute approximate surface area is 108 Å². The Bertz CT molecular complexity index is 586. The van der Waals surface area contributed by atoms with E-state index in [4.69, 9.17) is 0 Å². The van der Waals surface area contributed by atoms with E-state index >= 15 is 0 Å². The summed E-state index contributed by atoms with van der Waals surface area (Å²) in [5.41, 5.74) is 2.22. The van der Waals surface area contributed by atoms with Crippen LogP contribution in [0.5, 0.6) is 0 Å². The van der Waals surface area contributed by atoms with Crippen LogP contribution in [-0.2, 0) is 0 Å². The number of non-ortho nitro benzene ring substituents is 1. The molecule has 0 bridgehead atoms. The van der Waals surface area contributed by atoms with E-state index in [9.17, 15) is 10.1 Å². The SMILES string of the molecule is CSc1nnc(-c2ccc([N+](=O)[O-])cc2)c(C)n1. The molecular weight excluding hydrogens is 252 g/mol. The first kappa shape index (κ1) is 12.4. The molecule has 0 atom stereocenters. The summed E-state index contributed by atoms with van der Waals surface area (Å²) in [6.07, 6.45) is 1.88. The van der Waals surface area contributed by atoms with Gasteiger partial charge >= 0.3 is 0 Å². The van der Waals surface area contributed by atoms with Crippen LogP contribution in [0.25, 0.3) is 11.3 Å². The molecule has 0 spiro atoms. The molecular formula is C11H10N4O2S. The topological polar surface area (TPSA) is 81.8 Å². The summed E-state index contributed by atoms with van der Waals surface area (Å²) in [7, 11) is 0. The third kappa shape index (κ3) is 2.45. The van der Waals surface area contributed by atoms with E-state index in [0.717, 1.165) is 11.3 Å². The lowest BCUT2D eigenvalue weighted by atomic mass is 10.1. The van der Waals surface area contributed by atoms with Gasteiger partial charge in [-0.05, 0) is 25.3 Å². The van der Waals surface area contributed by atoms with Crippen LogP contribution in [0.2, 0.25) is 0 Å². The average Bonchev–Trinajstić information content (AvgIpc) is 2.38. The van der Waals surface area contributed by atoms with Gasteiger partial charge in [-0.1, -0.05) is 11.8 Å². The second kappa shape index (κ2) is 5.09. The molecule has 0 unspecified atom stereocenters. The van der Waals surface area contributed by atoms with Gasteiger partial charge in [0, 0.05) is 17.7 Å². The van der Waals surface area contributed by atoms with Crippen LogP contribution in [-0.4, -0.2) is 26.4 Å². The first-order valence-corrected chi connectivity index (χ1v) is 6.34. The van der Waals surface area contributed by atoms with Gasteiger partial charge in [0.25, 0.3) is 5.69 Å². The number of hydrogen-bond donors (Lipinski definition) is 0. The minimum atomic E-state index is -0.433. The Morgan fingerprint density at radius 1 is 1.22 bits per heavy atom. The van der Waals surface area contributed by atoms with Crippen molar-refractivity contribution in [2.45, 2.75) is 12.1 Å². The van der Waals surface area contributed by atoms with E-state index in [0.29, 0.717) is 10.9 Å². The van der Waals surface area contributed by atoms with E-state index in [1.54, 1.807) is 12.1 Å². The number of thioether (sulfide) groups is 1. The summed E-state index contributed by atoms with van der Waals surface area (Å²) >= 11 is 1.42. The van der Waals surface area contributed by atoms with E-state index in [2.05, 4.69) is 15.2 Å². The Hall–Kier alpha value is -2.02. The monoisotopic (exact) mass is 262 g/mol. The Morgan fingerprint density at radius 3 is 2.39 bits per heavy atom. The lowest BCUT2D eigenvalue weighted by Crippen LogP contribution is -1.98. The third-order valence-electron chi connectivity index (χ3n) is 2.38. The van der Waals surface area contributed by atoms with Gasteiger partial charge < -0.3 is 0 Å². The smallest absolute Gasteiger partial charge is 0.258 e. The lowest BCUT2D eigenvalue weighted by Gasteiger charge is -2.04. The highest BCUT2D eigenvalue weighted by Gasteiger charge is 2.10. The van der Waals surface area contributed by atoms with Crippen molar-refractivity contribution in [1.29, 1.82) is 0 Å². The fourth-order valence-corrected chi connectivity index (χ4v) is 1.83. The third-order valence-corrected chi connectivity index (χ3v) is 2.91. The maximum Gasteiger partial charge on any atom is 0.269 e. The zero-order chi connectivity index (χ0) is 13.1. The summed E-state index contributed by atoms with van der Waals surface area (Å²) in [6.45, 7) is 1.84. The molecule has 1 aromatic heterocycles. The molecule has 0 radical (unpaired) electrons. The van der Waals surface area contributed by atoms with Crippen molar-refractivity contribution in [2.24, 2.45) is 0 Å². The molecule has 0 N–H and O–H groups in total. The molecule has 2 aromatic rings. The number of rotatable bonds is 3. The van der Waals surface area contributed by atoms with Gasteiger partial charge in [-0.15, -0.1) is 10.2 Å². The molecule has 7 heteroatoms. The molecule has 92 valence electrons. The molecule has 0 saturated heterocycles. The second-order valence-corrected chi connectivity index (χ2v) is 4.31. The van der Waals surface area contributed by atoms with Gasteiger partial charge in [-0.2, -0.15) is 0 Å². The van der Waals surface area contributed by atoms with Crippen LogP contribution >= 0.6 is 11.8 Å². The van der Waals surface area contributed by atoms with Crippen molar-refractivity contribution >= 4 is 17.4 Å². The summed E-state index contributed by atoms with van der Waals surface area (Å²) in [6, 6.07) is 6.18. The fourth-order valence-electron chi connectivity index (χ4n) is 1.48. The Kier molecular flexibility index (Phi) is 3.52. The summed E-state index contributed by atoms with van der Waals surface area (Å²) in [5, 5.41) is 19.2. The van der Waals surface area contributed by atoms with E-state index in [1.165, 1.54) is 23.9 Å². The van der Waals surface area contributed by atoms with Crippen molar-refractivity contribution in [3.05, 3.63) is 40.1 Å². The van der Waals surface area contributed by atoms with Gasteiger partial charge in [-0.25, -0.2) is 4.98 Å². The molecule has 0 saturated carbocycles. The highest BCUT2D eigenvalue weighted by molar-refractivity contribution is 7.98. The average molecular weight is 262 g/mol. The molecule has 0 aliphatic carbocycles. The molecule has 2 rings (SSSR count). The molecule has 0 fully saturated rings. The predicted molar refractivity (Wildman–Crippen MR) is 68.4 cm³/mol. The molecule has 1 aromatic carbocycles. The first-order valence-electron chi connectivity index (χ1n) is 5.12. The molecule has 18 heavy (non-hydrogen) atoms. The van der Waals surface area contributed by atoms with Gasteiger partial charge in [0.2, 0.25) is 5.16 Å². The summed E-state index contributed by atoms with van der Waals surface area (Å²) in [4.78, 5) is 14.4. The molecule has 6 nitrogen and oxygen atoms in total. The Morgan fingerprint density at radius 2 is 1.89 bits per heavy atom.